The molecule has 1 aromatic carbocycles. The van der Waals surface area contributed by atoms with Gasteiger partial charge in [-0.05, 0) is 24.5 Å². The van der Waals surface area contributed by atoms with Gasteiger partial charge in [-0.3, -0.25) is 0 Å². The first-order valence-corrected chi connectivity index (χ1v) is 5.34. The molecule has 0 saturated carbocycles. The molecule has 4 N–H and O–H groups in total. The number of carbonyl (C=O) groups is 1. The second-order valence-electron chi connectivity index (χ2n) is 4.44. The van der Waals surface area contributed by atoms with E-state index in [2.05, 4.69) is 0 Å². The van der Waals surface area contributed by atoms with Crippen molar-refractivity contribution in [3.8, 4) is 5.75 Å². The van der Waals surface area contributed by atoms with Crippen LogP contribution in [0.2, 0.25) is 0 Å². The molecule has 0 aromatic heterocycles. The molecule has 94 valence electrons. The fourth-order valence-corrected chi connectivity index (χ4v) is 1.66. The van der Waals surface area contributed by atoms with Gasteiger partial charge in [0, 0.05) is 11.6 Å². The van der Waals surface area contributed by atoms with Gasteiger partial charge in [0.25, 0.3) is 0 Å². The zero-order chi connectivity index (χ0) is 13.2. The molecule has 0 aliphatic rings. The molecule has 4 nitrogen and oxygen atoms in total. The van der Waals surface area contributed by atoms with Crippen LogP contribution >= 0.6 is 0 Å². The van der Waals surface area contributed by atoms with Crippen molar-refractivity contribution in [2.45, 2.75) is 26.3 Å². The predicted octanol–water partition coefficient (Wildman–Crippen LogP) is 2.28. The normalized spacial score (nSPS) is 12.8. The molecule has 0 saturated heterocycles. The first kappa shape index (κ1) is 13.4. The highest BCUT2D eigenvalue weighted by atomic mass is 19.1. The van der Waals surface area contributed by atoms with Crippen LogP contribution in [-0.4, -0.2) is 16.2 Å². The Bertz CT molecular complexity index is 432. The number of aromatic hydroxyl groups is 1. The summed E-state index contributed by atoms with van der Waals surface area (Å²) < 4.78 is 13.3. The highest BCUT2D eigenvalue weighted by Crippen LogP contribution is 2.30. The van der Waals surface area contributed by atoms with Crippen LogP contribution in [0.1, 0.15) is 42.2 Å². The van der Waals surface area contributed by atoms with Gasteiger partial charge in [-0.2, -0.15) is 0 Å². The lowest BCUT2D eigenvalue weighted by Gasteiger charge is -2.16. The molecule has 0 heterocycles. The molecule has 1 aromatic rings. The lowest BCUT2D eigenvalue weighted by atomic mass is 9.95. The molecule has 1 rings (SSSR count). The zero-order valence-electron chi connectivity index (χ0n) is 9.77. The van der Waals surface area contributed by atoms with Crippen molar-refractivity contribution in [1.82, 2.24) is 0 Å². The number of halogens is 1. The number of hydrogen-bond donors (Lipinski definition) is 3. The molecule has 5 heteroatoms. The summed E-state index contributed by atoms with van der Waals surface area (Å²) in [4.78, 5) is 10.8. The van der Waals surface area contributed by atoms with E-state index in [1.54, 1.807) is 0 Å². The monoisotopic (exact) mass is 241 g/mol. The van der Waals surface area contributed by atoms with Crippen molar-refractivity contribution in [2.24, 2.45) is 11.7 Å². The molecule has 0 bridgehead atoms. The molecule has 0 aliphatic heterocycles. The number of aromatic carboxylic acids is 1. The minimum Gasteiger partial charge on any atom is -0.505 e. The van der Waals surface area contributed by atoms with Crippen LogP contribution in [-0.2, 0) is 0 Å². The molecule has 0 amide bonds. The maximum atomic E-state index is 13.3. The van der Waals surface area contributed by atoms with Crippen molar-refractivity contribution in [2.75, 3.05) is 0 Å². The summed E-state index contributed by atoms with van der Waals surface area (Å²) in [5.41, 5.74) is 5.74. The van der Waals surface area contributed by atoms with E-state index < -0.39 is 23.6 Å². The lowest BCUT2D eigenvalue weighted by molar-refractivity contribution is 0.0696. The van der Waals surface area contributed by atoms with Crippen LogP contribution in [0.3, 0.4) is 0 Å². The van der Waals surface area contributed by atoms with Crippen LogP contribution in [0, 0.1) is 11.7 Å². The fourth-order valence-electron chi connectivity index (χ4n) is 1.66. The maximum Gasteiger partial charge on any atom is 0.335 e. The SMILES string of the molecule is CC(C)C[C@@H](N)c1cc(C(=O)O)cc(F)c1O. The summed E-state index contributed by atoms with van der Waals surface area (Å²) in [6.45, 7) is 3.88. The first-order valence-electron chi connectivity index (χ1n) is 5.34. The summed E-state index contributed by atoms with van der Waals surface area (Å²) in [6.07, 6.45) is 0.538. The standard InChI is InChI=1S/C12H16FNO3/c1-6(2)3-10(14)8-4-7(12(16)17)5-9(13)11(8)15/h4-6,10,15H,3,14H2,1-2H3,(H,16,17)/t10-/m1/s1. The van der Waals surface area contributed by atoms with Crippen LogP contribution < -0.4 is 5.73 Å². The van der Waals surface area contributed by atoms with E-state index in [0.717, 1.165) is 6.07 Å². The zero-order valence-corrected chi connectivity index (χ0v) is 9.77. The molecule has 17 heavy (non-hydrogen) atoms. The van der Waals surface area contributed by atoms with E-state index in [1.807, 2.05) is 13.8 Å². The number of carboxylic acids is 1. The quantitative estimate of drug-likeness (QED) is 0.755. The molecule has 0 fully saturated rings. The van der Waals surface area contributed by atoms with Crippen LogP contribution in [0.25, 0.3) is 0 Å². The third kappa shape index (κ3) is 3.17. The van der Waals surface area contributed by atoms with Gasteiger partial charge in [-0.15, -0.1) is 0 Å². The topological polar surface area (TPSA) is 83.6 Å². The smallest absolute Gasteiger partial charge is 0.335 e. The summed E-state index contributed by atoms with van der Waals surface area (Å²) in [5, 5.41) is 18.3. The average molecular weight is 241 g/mol. The van der Waals surface area contributed by atoms with Gasteiger partial charge < -0.3 is 15.9 Å². The van der Waals surface area contributed by atoms with E-state index in [9.17, 15) is 14.3 Å². The van der Waals surface area contributed by atoms with Crippen LogP contribution in [0.4, 0.5) is 4.39 Å². The average Bonchev–Trinajstić information content (AvgIpc) is 2.20. The number of hydrogen-bond acceptors (Lipinski definition) is 3. The molecule has 0 spiro atoms. The predicted molar refractivity (Wildman–Crippen MR) is 61.4 cm³/mol. The van der Waals surface area contributed by atoms with Gasteiger partial charge in [-0.25, -0.2) is 9.18 Å². The summed E-state index contributed by atoms with van der Waals surface area (Å²) in [7, 11) is 0. The van der Waals surface area contributed by atoms with E-state index in [4.69, 9.17) is 10.8 Å². The third-order valence-electron chi connectivity index (χ3n) is 2.46. The minimum absolute atomic E-state index is 0.135. The number of carboxylic acid groups (broad SMARTS) is 1. The van der Waals surface area contributed by atoms with Crippen molar-refractivity contribution in [3.63, 3.8) is 0 Å². The number of rotatable bonds is 4. The Morgan fingerprint density at radius 1 is 1.47 bits per heavy atom. The van der Waals surface area contributed by atoms with Gasteiger partial charge >= 0.3 is 5.97 Å². The van der Waals surface area contributed by atoms with Gasteiger partial charge in [0.15, 0.2) is 11.6 Å². The summed E-state index contributed by atoms with van der Waals surface area (Å²) in [5.74, 6) is -2.51. The second kappa shape index (κ2) is 5.14. The molecule has 0 aliphatic carbocycles. The largest absolute Gasteiger partial charge is 0.505 e. The molecule has 0 unspecified atom stereocenters. The number of nitrogens with two attached hydrogens (primary N) is 1. The Hall–Kier alpha value is -1.62. The van der Waals surface area contributed by atoms with Gasteiger partial charge in [0.2, 0.25) is 0 Å². The first-order chi connectivity index (χ1) is 7.82. The molecule has 1 atom stereocenters. The minimum atomic E-state index is -1.25. The number of phenolic OH excluding ortho intramolecular Hbond substituents is 1. The van der Waals surface area contributed by atoms with E-state index in [1.165, 1.54) is 6.07 Å². The molecular formula is C12H16FNO3. The van der Waals surface area contributed by atoms with Crippen molar-refractivity contribution >= 4 is 5.97 Å². The van der Waals surface area contributed by atoms with Gasteiger partial charge in [-0.1, -0.05) is 13.8 Å². The van der Waals surface area contributed by atoms with E-state index >= 15 is 0 Å². The Kier molecular flexibility index (Phi) is 4.07. The lowest BCUT2D eigenvalue weighted by Crippen LogP contribution is -2.14. The van der Waals surface area contributed by atoms with Crippen molar-refractivity contribution < 1.29 is 19.4 Å². The van der Waals surface area contributed by atoms with E-state index in [0.29, 0.717) is 6.42 Å². The number of phenols is 1. The molecule has 0 radical (unpaired) electrons. The fraction of sp³-hybridized carbons (Fsp3) is 0.417. The van der Waals surface area contributed by atoms with Crippen LogP contribution in [0.15, 0.2) is 12.1 Å². The summed E-state index contributed by atoms with van der Waals surface area (Å²) >= 11 is 0. The van der Waals surface area contributed by atoms with Crippen molar-refractivity contribution in [3.05, 3.63) is 29.1 Å². The highest BCUT2D eigenvalue weighted by molar-refractivity contribution is 5.88. The number of benzene rings is 1. The van der Waals surface area contributed by atoms with Crippen LogP contribution in [0.5, 0.6) is 5.75 Å². The third-order valence-corrected chi connectivity index (χ3v) is 2.46. The Labute approximate surface area is 98.9 Å². The summed E-state index contributed by atoms with van der Waals surface area (Å²) in [6, 6.07) is 1.42. The Balaban J connectivity index is 3.17. The van der Waals surface area contributed by atoms with Gasteiger partial charge in [0.05, 0.1) is 5.56 Å². The van der Waals surface area contributed by atoms with Crippen molar-refractivity contribution in [1.29, 1.82) is 0 Å². The highest BCUT2D eigenvalue weighted by Gasteiger charge is 2.19. The Morgan fingerprint density at radius 3 is 2.53 bits per heavy atom. The maximum absolute atomic E-state index is 13.3. The second-order valence-corrected chi connectivity index (χ2v) is 4.44. The van der Waals surface area contributed by atoms with Gasteiger partial charge in [0.1, 0.15) is 0 Å². The van der Waals surface area contributed by atoms with E-state index in [-0.39, 0.29) is 17.0 Å². The Morgan fingerprint density at radius 2 is 2.06 bits per heavy atom. The molecular weight excluding hydrogens is 225 g/mol.